The first-order chi connectivity index (χ1) is 11.3. The molecule has 2 N–H and O–H groups in total. The fourth-order valence-corrected chi connectivity index (χ4v) is 2.44. The fraction of sp³-hybridized carbons (Fsp3) is 0.211. The lowest BCUT2D eigenvalue weighted by Crippen LogP contribution is -2.26. The lowest BCUT2D eigenvalue weighted by molar-refractivity contribution is 0.265. The van der Waals surface area contributed by atoms with Crippen LogP contribution < -0.4 is 10.1 Å². The summed E-state index contributed by atoms with van der Waals surface area (Å²) >= 11 is 0. The summed E-state index contributed by atoms with van der Waals surface area (Å²) in [6, 6.07) is 20.4. The Balaban J connectivity index is 1.68. The number of para-hydroxylation sites is 1. The van der Waals surface area contributed by atoms with E-state index >= 15 is 0 Å². The molecule has 4 nitrogen and oxygen atoms in total. The number of rotatable bonds is 7. The van der Waals surface area contributed by atoms with Crippen molar-refractivity contribution in [3.05, 3.63) is 83.7 Å². The van der Waals surface area contributed by atoms with E-state index in [0.717, 1.165) is 18.0 Å². The molecule has 118 valence electrons. The van der Waals surface area contributed by atoms with Crippen LogP contribution in [0.2, 0.25) is 0 Å². The number of hydrogen-bond donors (Lipinski definition) is 2. The van der Waals surface area contributed by atoms with Gasteiger partial charge < -0.3 is 10.1 Å². The van der Waals surface area contributed by atoms with Gasteiger partial charge in [-0.1, -0.05) is 48.5 Å². The van der Waals surface area contributed by atoms with Crippen molar-refractivity contribution >= 4 is 0 Å². The molecule has 0 saturated carbocycles. The molecule has 0 fully saturated rings. The van der Waals surface area contributed by atoms with Crippen molar-refractivity contribution in [2.45, 2.75) is 19.5 Å². The molecule has 0 bridgehead atoms. The molecule has 0 amide bonds. The predicted molar refractivity (Wildman–Crippen MR) is 91.3 cm³/mol. The van der Waals surface area contributed by atoms with Crippen LogP contribution >= 0.6 is 0 Å². The number of ether oxygens (including phenoxy) is 1. The smallest absolute Gasteiger partial charge is 0.119 e. The van der Waals surface area contributed by atoms with Crippen molar-refractivity contribution in [3.63, 3.8) is 0 Å². The number of benzene rings is 2. The third kappa shape index (κ3) is 4.20. The normalized spacial score (nSPS) is 12.0. The lowest BCUT2D eigenvalue weighted by atomic mass is 10.1. The van der Waals surface area contributed by atoms with Crippen LogP contribution in [-0.2, 0) is 6.54 Å². The summed E-state index contributed by atoms with van der Waals surface area (Å²) in [6.07, 6.45) is 1.86. The maximum absolute atomic E-state index is 5.94. The first-order valence-electron chi connectivity index (χ1n) is 7.78. The van der Waals surface area contributed by atoms with E-state index in [1.807, 2.05) is 49.5 Å². The number of aryl methyl sites for hydroxylation is 1. The van der Waals surface area contributed by atoms with Crippen LogP contribution in [0.1, 0.15) is 22.9 Å². The SMILES string of the molecule is Cc1[nH]ncc1CN[C@@H](COc1ccccc1)c1ccccc1. The van der Waals surface area contributed by atoms with E-state index in [-0.39, 0.29) is 6.04 Å². The number of aromatic nitrogens is 2. The van der Waals surface area contributed by atoms with Crippen LogP contribution in [0.4, 0.5) is 0 Å². The Bertz CT molecular complexity index is 710. The van der Waals surface area contributed by atoms with Crippen LogP contribution in [-0.4, -0.2) is 16.8 Å². The molecule has 0 unspecified atom stereocenters. The minimum atomic E-state index is 0.116. The van der Waals surface area contributed by atoms with Crippen LogP contribution in [0, 0.1) is 6.92 Å². The highest BCUT2D eigenvalue weighted by Gasteiger charge is 2.13. The van der Waals surface area contributed by atoms with Crippen molar-refractivity contribution in [2.24, 2.45) is 0 Å². The quantitative estimate of drug-likeness (QED) is 0.701. The Morgan fingerprint density at radius 3 is 2.39 bits per heavy atom. The second kappa shape index (κ2) is 7.61. The molecule has 0 aliphatic rings. The van der Waals surface area contributed by atoms with Crippen molar-refractivity contribution in [2.75, 3.05) is 6.61 Å². The molecule has 0 saturated heterocycles. The first-order valence-corrected chi connectivity index (χ1v) is 7.78. The van der Waals surface area contributed by atoms with E-state index in [0.29, 0.717) is 6.61 Å². The zero-order valence-electron chi connectivity index (χ0n) is 13.2. The van der Waals surface area contributed by atoms with Gasteiger partial charge in [0.25, 0.3) is 0 Å². The van der Waals surface area contributed by atoms with Gasteiger partial charge in [0, 0.05) is 17.8 Å². The number of hydrogen-bond acceptors (Lipinski definition) is 3. The predicted octanol–water partition coefficient (Wildman–Crippen LogP) is 3.63. The maximum Gasteiger partial charge on any atom is 0.119 e. The molecule has 3 rings (SSSR count). The molecule has 0 aliphatic heterocycles. The maximum atomic E-state index is 5.94. The molecule has 23 heavy (non-hydrogen) atoms. The highest BCUT2D eigenvalue weighted by molar-refractivity contribution is 5.23. The molecule has 1 heterocycles. The van der Waals surface area contributed by atoms with Gasteiger partial charge in [-0.2, -0.15) is 5.10 Å². The third-order valence-electron chi connectivity index (χ3n) is 3.84. The van der Waals surface area contributed by atoms with Gasteiger partial charge in [0.1, 0.15) is 12.4 Å². The highest BCUT2D eigenvalue weighted by atomic mass is 16.5. The summed E-state index contributed by atoms with van der Waals surface area (Å²) in [4.78, 5) is 0. The number of nitrogens with zero attached hydrogens (tertiary/aromatic N) is 1. The minimum absolute atomic E-state index is 0.116. The number of H-pyrrole nitrogens is 1. The monoisotopic (exact) mass is 307 g/mol. The van der Waals surface area contributed by atoms with Gasteiger partial charge in [-0.15, -0.1) is 0 Å². The van der Waals surface area contributed by atoms with Gasteiger partial charge in [-0.25, -0.2) is 0 Å². The topological polar surface area (TPSA) is 49.9 Å². The largest absolute Gasteiger partial charge is 0.492 e. The van der Waals surface area contributed by atoms with Gasteiger partial charge in [0.15, 0.2) is 0 Å². The molecule has 3 aromatic rings. The van der Waals surface area contributed by atoms with Gasteiger partial charge in [-0.3, -0.25) is 5.10 Å². The van der Waals surface area contributed by atoms with E-state index < -0.39 is 0 Å². The van der Waals surface area contributed by atoms with Gasteiger partial charge in [0.05, 0.1) is 12.2 Å². The minimum Gasteiger partial charge on any atom is -0.492 e. The molecule has 4 heteroatoms. The van der Waals surface area contributed by atoms with Crippen molar-refractivity contribution in [1.29, 1.82) is 0 Å². The Hall–Kier alpha value is -2.59. The van der Waals surface area contributed by atoms with E-state index in [9.17, 15) is 0 Å². The second-order valence-electron chi connectivity index (χ2n) is 5.49. The van der Waals surface area contributed by atoms with Crippen molar-refractivity contribution in [1.82, 2.24) is 15.5 Å². The molecule has 1 atom stereocenters. The molecule has 0 radical (unpaired) electrons. The molecule has 0 spiro atoms. The first kappa shape index (κ1) is 15.3. The third-order valence-corrected chi connectivity index (χ3v) is 3.84. The molecular formula is C19H21N3O. The van der Waals surface area contributed by atoms with E-state index in [4.69, 9.17) is 4.74 Å². The molecule has 1 aromatic heterocycles. The zero-order valence-corrected chi connectivity index (χ0v) is 13.2. The summed E-state index contributed by atoms with van der Waals surface area (Å²) in [7, 11) is 0. The van der Waals surface area contributed by atoms with Crippen LogP contribution in [0.25, 0.3) is 0 Å². The second-order valence-corrected chi connectivity index (χ2v) is 5.49. The lowest BCUT2D eigenvalue weighted by Gasteiger charge is -2.20. The van der Waals surface area contributed by atoms with Crippen LogP contribution in [0.3, 0.4) is 0 Å². The van der Waals surface area contributed by atoms with Crippen LogP contribution in [0.15, 0.2) is 66.9 Å². The number of nitrogens with one attached hydrogen (secondary N) is 2. The van der Waals surface area contributed by atoms with Crippen molar-refractivity contribution < 1.29 is 4.74 Å². The highest BCUT2D eigenvalue weighted by Crippen LogP contribution is 2.17. The fourth-order valence-electron chi connectivity index (χ4n) is 2.44. The van der Waals surface area contributed by atoms with Gasteiger partial charge in [0.2, 0.25) is 0 Å². The molecule has 2 aromatic carbocycles. The average Bonchev–Trinajstić information content (AvgIpc) is 3.02. The molecule has 0 aliphatic carbocycles. The summed E-state index contributed by atoms with van der Waals surface area (Å²) < 4.78 is 5.94. The summed E-state index contributed by atoms with van der Waals surface area (Å²) in [5, 5.41) is 10.6. The average molecular weight is 307 g/mol. The van der Waals surface area contributed by atoms with E-state index in [2.05, 4.69) is 39.8 Å². The standard InChI is InChI=1S/C19H21N3O/c1-15-17(13-21-22-15)12-20-19(16-8-4-2-5-9-16)14-23-18-10-6-3-7-11-18/h2-11,13,19-20H,12,14H2,1H3,(H,21,22)/t19-/m0/s1. The van der Waals surface area contributed by atoms with Crippen molar-refractivity contribution in [3.8, 4) is 5.75 Å². The summed E-state index contributed by atoms with van der Waals surface area (Å²) in [6.45, 7) is 3.35. The van der Waals surface area contributed by atoms with E-state index in [1.54, 1.807) is 0 Å². The van der Waals surface area contributed by atoms with Crippen LogP contribution in [0.5, 0.6) is 5.75 Å². The van der Waals surface area contributed by atoms with Gasteiger partial charge in [-0.05, 0) is 24.6 Å². The van der Waals surface area contributed by atoms with Gasteiger partial charge >= 0.3 is 0 Å². The summed E-state index contributed by atoms with van der Waals surface area (Å²) in [5.74, 6) is 0.884. The zero-order chi connectivity index (χ0) is 15.9. The Kier molecular flexibility index (Phi) is 5.06. The molecular weight excluding hydrogens is 286 g/mol. The Labute approximate surface area is 136 Å². The Morgan fingerprint density at radius 1 is 1.04 bits per heavy atom. The number of aromatic amines is 1. The Morgan fingerprint density at radius 2 is 1.74 bits per heavy atom. The summed E-state index contributed by atoms with van der Waals surface area (Å²) in [5.41, 5.74) is 3.48. The van der Waals surface area contributed by atoms with E-state index in [1.165, 1.54) is 11.1 Å².